The third-order valence-corrected chi connectivity index (χ3v) is 4.94. The van der Waals surface area contributed by atoms with Crippen LogP contribution in [0.2, 0.25) is 0 Å². The zero-order valence-electron chi connectivity index (χ0n) is 12.1. The molecule has 0 aliphatic heterocycles. The summed E-state index contributed by atoms with van der Waals surface area (Å²) in [7, 11) is 0. The molecule has 1 saturated carbocycles. The monoisotopic (exact) mass is 275 g/mol. The predicted octanol–water partition coefficient (Wildman–Crippen LogP) is 2.67. The van der Waals surface area contributed by atoms with Gasteiger partial charge < -0.3 is 5.73 Å². The Balaban J connectivity index is 2.06. The minimum absolute atomic E-state index is 0.101. The van der Waals surface area contributed by atoms with Crippen LogP contribution in [0.15, 0.2) is 18.2 Å². The number of nitrogens with two attached hydrogens (primary N) is 1. The topological polar surface area (TPSA) is 69.6 Å². The summed E-state index contributed by atoms with van der Waals surface area (Å²) in [6.45, 7) is 8.75. The smallest absolute Gasteiger partial charge is 0.182 e. The van der Waals surface area contributed by atoms with Crippen LogP contribution in [0.3, 0.4) is 0 Å². The lowest BCUT2D eigenvalue weighted by Crippen LogP contribution is -2.06. The van der Waals surface area contributed by atoms with Crippen LogP contribution in [0.4, 0.5) is 10.1 Å². The Kier molecular flexibility index (Phi) is 2.46. The number of hydrogen-bond acceptors (Lipinski definition) is 4. The largest absolute Gasteiger partial charge is 0.396 e. The van der Waals surface area contributed by atoms with Gasteiger partial charge in [0, 0.05) is 5.56 Å². The average Bonchev–Trinajstić information content (AvgIpc) is 2.71. The lowest BCUT2D eigenvalue weighted by Gasteiger charge is -2.07. The van der Waals surface area contributed by atoms with Gasteiger partial charge in [-0.1, -0.05) is 27.7 Å². The third kappa shape index (κ3) is 1.57. The molecule has 2 aromatic rings. The van der Waals surface area contributed by atoms with Gasteiger partial charge in [-0.05, 0) is 39.5 Å². The standard InChI is InChI=1S/C14H18FN5/c1-13(2)12(14(13,3)4)20-11(17-18-19-20)8-5-6-10(16)9(15)7-8/h5-7,12H,16H2,1-4H3. The van der Waals surface area contributed by atoms with Gasteiger partial charge in [-0.2, -0.15) is 0 Å². The lowest BCUT2D eigenvalue weighted by molar-refractivity contribution is 0.457. The SMILES string of the molecule is CC1(C)C(n2nnnc2-c2ccc(N)c(F)c2)C1(C)C. The fourth-order valence-corrected chi connectivity index (χ4v) is 3.00. The molecule has 1 aliphatic carbocycles. The maximum Gasteiger partial charge on any atom is 0.182 e. The van der Waals surface area contributed by atoms with Crippen molar-refractivity contribution in [3.05, 3.63) is 24.0 Å². The number of halogens is 1. The Bertz CT molecular complexity index is 660. The van der Waals surface area contributed by atoms with E-state index in [4.69, 9.17) is 5.73 Å². The second kappa shape index (κ2) is 3.77. The molecule has 1 aliphatic rings. The first-order valence-electron chi connectivity index (χ1n) is 6.60. The number of nitrogens with zero attached hydrogens (tertiary/aromatic N) is 4. The predicted molar refractivity (Wildman–Crippen MR) is 74.2 cm³/mol. The number of rotatable bonds is 2. The molecule has 0 saturated heterocycles. The van der Waals surface area contributed by atoms with E-state index in [9.17, 15) is 4.39 Å². The molecule has 2 N–H and O–H groups in total. The van der Waals surface area contributed by atoms with Crippen LogP contribution in [-0.2, 0) is 0 Å². The zero-order chi connectivity index (χ0) is 14.7. The van der Waals surface area contributed by atoms with Crippen molar-refractivity contribution in [2.24, 2.45) is 10.8 Å². The van der Waals surface area contributed by atoms with Gasteiger partial charge in [0.15, 0.2) is 5.82 Å². The van der Waals surface area contributed by atoms with E-state index in [1.165, 1.54) is 12.1 Å². The van der Waals surface area contributed by atoms with Crippen LogP contribution in [0.25, 0.3) is 11.4 Å². The summed E-state index contributed by atoms with van der Waals surface area (Å²) in [4.78, 5) is 0. The Labute approximate surface area is 117 Å². The van der Waals surface area contributed by atoms with Crippen LogP contribution in [-0.4, -0.2) is 20.2 Å². The Morgan fingerprint density at radius 2 is 1.85 bits per heavy atom. The average molecular weight is 275 g/mol. The molecular formula is C14H18FN5. The molecule has 0 atom stereocenters. The van der Waals surface area contributed by atoms with Crippen molar-refractivity contribution in [2.75, 3.05) is 5.73 Å². The van der Waals surface area contributed by atoms with Crippen LogP contribution >= 0.6 is 0 Å². The minimum Gasteiger partial charge on any atom is -0.396 e. The van der Waals surface area contributed by atoms with Gasteiger partial charge in [0.25, 0.3) is 0 Å². The van der Waals surface area contributed by atoms with E-state index in [2.05, 4.69) is 43.2 Å². The van der Waals surface area contributed by atoms with E-state index in [0.29, 0.717) is 11.4 Å². The molecule has 3 rings (SSSR count). The molecule has 6 heteroatoms. The van der Waals surface area contributed by atoms with Crippen LogP contribution in [0, 0.1) is 16.6 Å². The quantitative estimate of drug-likeness (QED) is 0.855. The highest BCUT2D eigenvalue weighted by Crippen LogP contribution is 2.71. The maximum atomic E-state index is 13.6. The summed E-state index contributed by atoms with van der Waals surface area (Å²) >= 11 is 0. The van der Waals surface area contributed by atoms with E-state index >= 15 is 0 Å². The van der Waals surface area contributed by atoms with Crippen molar-refractivity contribution in [3.63, 3.8) is 0 Å². The van der Waals surface area contributed by atoms with Gasteiger partial charge in [0.2, 0.25) is 0 Å². The Morgan fingerprint density at radius 3 is 2.40 bits per heavy atom. The van der Waals surface area contributed by atoms with E-state index in [1.54, 1.807) is 10.7 Å². The highest BCUT2D eigenvalue weighted by atomic mass is 19.1. The Morgan fingerprint density at radius 1 is 1.20 bits per heavy atom. The molecule has 20 heavy (non-hydrogen) atoms. The summed E-state index contributed by atoms with van der Waals surface area (Å²) in [5.41, 5.74) is 6.47. The summed E-state index contributed by atoms with van der Waals surface area (Å²) in [6, 6.07) is 4.84. The fourth-order valence-electron chi connectivity index (χ4n) is 3.00. The van der Waals surface area contributed by atoms with Crippen LogP contribution < -0.4 is 5.73 Å². The molecule has 1 aromatic heterocycles. The van der Waals surface area contributed by atoms with Gasteiger partial charge in [-0.3, -0.25) is 0 Å². The molecule has 1 heterocycles. The second-order valence-electron chi connectivity index (χ2n) is 6.53. The van der Waals surface area contributed by atoms with Crippen molar-refractivity contribution in [3.8, 4) is 11.4 Å². The van der Waals surface area contributed by atoms with Crippen LogP contribution in [0.1, 0.15) is 33.7 Å². The highest BCUT2D eigenvalue weighted by Gasteiger charge is 2.67. The second-order valence-corrected chi connectivity index (χ2v) is 6.53. The number of aromatic nitrogens is 4. The van der Waals surface area contributed by atoms with Crippen molar-refractivity contribution < 1.29 is 4.39 Å². The molecule has 0 spiro atoms. The fraction of sp³-hybridized carbons (Fsp3) is 0.500. The number of nitrogen functional groups attached to an aromatic ring is 1. The lowest BCUT2D eigenvalue weighted by atomic mass is 10.0. The molecule has 0 radical (unpaired) electrons. The molecule has 106 valence electrons. The molecule has 1 fully saturated rings. The van der Waals surface area contributed by atoms with E-state index in [0.717, 1.165) is 0 Å². The van der Waals surface area contributed by atoms with E-state index in [-0.39, 0.29) is 22.6 Å². The van der Waals surface area contributed by atoms with Gasteiger partial charge >= 0.3 is 0 Å². The molecular weight excluding hydrogens is 257 g/mol. The Hall–Kier alpha value is -1.98. The highest BCUT2D eigenvalue weighted by molar-refractivity contribution is 5.59. The van der Waals surface area contributed by atoms with Crippen molar-refractivity contribution in [2.45, 2.75) is 33.7 Å². The molecule has 0 unspecified atom stereocenters. The third-order valence-electron chi connectivity index (χ3n) is 4.94. The van der Waals surface area contributed by atoms with Gasteiger partial charge in [0.1, 0.15) is 5.82 Å². The maximum absolute atomic E-state index is 13.6. The molecule has 0 bridgehead atoms. The van der Waals surface area contributed by atoms with E-state index in [1.807, 2.05) is 0 Å². The van der Waals surface area contributed by atoms with Crippen molar-refractivity contribution >= 4 is 5.69 Å². The first kappa shape index (κ1) is 13.0. The normalized spacial score (nSPS) is 20.1. The molecule has 1 aromatic carbocycles. The minimum atomic E-state index is -0.452. The van der Waals surface area contributed by atoms with Crippen LogP contribution in [0.5, 0.6) is 0 Å². The zero-order valence-corrected chi connectivity index (χ0v) is 12.1. The number of anilines is 1. The summed E-state index contributed by atoms with van der Waals surface area (Å²) in [6.07, 6.45) is 0. The number of tetrazole rings is 1. The van der Waals surface area contributed by atoms with Crippen molar-refractivity contribution in [1.82, 2.24) is 20.2 Å². The van der Waals surface area contributed by atoms with Gasteiger partial charge in [-0.25, -0.2) is 9.07 Å². The van der Waals surface area contributed by atoms with Gasteiger partial charge in [-0.15, -0.1) is 5.10 Å². The first-order valence-corrected chi connectivity index (χ1v) is 6.60. The number of benzene rings is 1. The first-order chi connectivity index (χ1) is 9.26. The summed E-state index contributed by atoms with van der Waals surface area (Å²) < 4.78 is 15.4. The van der Waals surface area contributed by atoms with Gasteiger partial charge in [0.05, 0.1) is 11.7 Å². The molecule has 0 amide bonds. The molecule has 5 nitrogen and oxygen atoms in total. The summed E-state index contributed by atoms with van der Waals surface area (Å²) in [5.74, 6) is 0.124. The summed E-state index contributed by atoms with van der Waals surface area (Å²) in [5, 5.41) is 11.9. The number of hydrogen-bond donors (Lipinski definition) is 1. The van der Waals surface area contributed by atoms with Crippen molar-refractivity contribution in [1.29, 1.82) is 0 Å². The van der Waals surface area contributed by atoms with E-state index < -0.39 is 5.82 Å².